The highest BCUT2D eigenvalue weighted by Crippen LogP contribution is 2.18. The van der Waals surface area contributed by atoms with Crippen LogP contribution in [0.3, 0.4) is 0 Å². The maximum absolute atomic E-state index is 11.7. The Balaban J connectivity index is 2.61. The predicted molar refractivity (Wildman–Crippen MR) is 66.3 cm³/mol. The highest BCUT2D eigenvalue weighted by Gasteiger charge is 2.09. The van der Waals surface area contributed by atoms with Gasteiger partial charge in [-0.1, -0.05) is 11.6 Å². The molecular weight excluding hydrogens is 224 g/mol. The number of halogens is 1. The quantitative estimate of drug-likeness (QED) is 0.480. The summed E-state index contributed by atoms with van der Waals surface area (Å²) in [6.07, 6.45) is 0.634. The molecule has 3 nitrogen and oxygen atoms in total. The van der Waals surface area contributed by atoms with E-state index in [-0.39, 0.29) is 5.91 Å². The number of hydrogen-bond donors (Lipinski definition) is 2. The normalized spacial score (nSPS) is 9.12. The summed E-state index contributed by atoms with van der Waals surface area (Å²) >= 11 is 5.90. The average molecular weight is 237 g/mol. The Morgan fingerprint density at radius 2 is 2.31 bits per heavy atom. The molecule has 1 aromatic rings. The van der Waals surface area contributed by atoms with Gasteiger partial charge in [0.25, 0.3) is 5.91 Å². The van der Waals surface area contributed by atoms with Gasteiger partial charge in [0.15, 0.2) is 0 Å². The zero-order valence-corrected chi connectivity index (χ0v) is 9.77. The van der Waals surface area contributed by atoms with E-state index in [0.717, 1.165) is 0 Å². The Morgan fingerprint density at radius 1 is 1.56 bits per heavy atom. The van der Waals surface area contributed by atoms with E-state index in [4.69, 9.17) is 17.3 Å². The fraction of sp³-hybridized carbons (Fsp3) is 0.250. The summed E-state index contributed by atoms with van der Waals surface area (Å²) in [5, 5.41) is 3.09. The van der Waals surface area contributed by atoms with Crippen LogP contribution in [0.5, 0.6) is 0 Å². The van der Waals surface area contributed by atoms with Crippen molar-refractivity contribution in [3.63, 3.8) is 0 Å². The number of nitrogens with one attached hydrogen (secondary N) is 1. The van der Waals surface area contributed by atoms with Gasteiger partial charge in [0.05, 0.1) is 10.6 Å². The molecule has 0 heterocycles. The van der Waals surface area contributed by atoms with E-state index in [1.807, 2.05) is 0 Å². The second kappa shape index (κ2) is 6.04. The molecule has 0 radical (unpaired) electrons. The van der Waals surface area contributed by atoms with Gasteiger partial charge in [-0.3, -0.25) is 4.79 Å². The monoisotopic (exact) mass is 236 g/mol. The molecule has 1 rings (SSSR count). The van der Waals surface area contributed by atoms with Crippen molar-refractivity contribution in [2.45, 2.75) is 13.3 Å². The third-order valence-electron chi connectivity index (χ3n) is 1.95. The molecule has 0 saturated heterocycles. The summed E-state index contributed by atoms with van der Waals surface area (Å²) in [7, 11) is 0. The Labute approximate surface area is 100.0 Å². The second-order valence-corrected chi connectivity index (χ2v) is 3.58. The molecule has 4 heteroatoms. The topological polar surface area (TPSA) is 55.1 Å². The van der Waals surface area contributed by atoms with Crippen molar-refractivity contribution >= 4 is 23.2 Å². The van der Waals surface area contributed by atoms with E-state index in [1.165, 1.54) is 0 Å². The SMILES string of the molecule is CC#CCCNC(=O)c1ccc(N)cc1Cl. The highest BCUT2D eigenvalue weighted by molar-refractivity contribution is 6.34. The van der Waals surface area contributed by atoms with Gasteiger partial charge in [0.2, 0.25) is 0 Å². The summed E-state index contributed by atoms with van der Waals surface area (Å²) in [6.45, 7) is 2.28. The van der Waals surface area contributed by atoms with Crippen LogP contribution in [-0.2, 0) is 0 Å². The van der Waals surface area contributed by atoms with Crippen molar-refractivity contribution in [3.05, 3.63) is 28.8 Å². The van der Waals surface area contributed by atoms with E-state index >= 15 is 0 Å². The largest absolute Gasteiger partial charge is 0.399 e. The van der Waals surface area contributed by atoms with Crippen LogP contribution >= 0.6 is 11.6 Å². The number of carbonyl (C=O) groups is 1. The summed E-state index contributed by atoms with van der Waals surface area (Å²) < 4.78 is 0. The second-order valence-electron chi connectivity index (χ2n) is 3.17. The lowest BCUT2D eigenvalue weighted by Gasteiger charge is -2.05. The van der Waals surface area contributed by atoms with Crippen LogP contribution in [0.2, 0.25) is 5.02 Å². The van der Waals surface area contributed by atoms with Gasteiger partial charge in [-0.2, -0.15) is 0 Å². The molecule has 3 N–H and O–H groups in total. The lowest BCUT2D eigenvalue weighted by atomic mass is 10.2. The van der Waals surface area contributed by atoms with Gasteiger partial charge in [0.1, 0.15) is 0 Å². The van der Waals surface area contributed by atoms with Crippen molar-refractivity contribution in [1.82, 2.24) is 5.32 Å². The number of amides is 1. The minimum Gasteiger partial charge on any atom is -0.399 e. The van der Waals surface area contributed by atoms with Gasteiger partial charge >= 0.3 is 0 Å². The number of nitrogens with two attached hydrogens (primary N) is 1. The van der Waals surface area contributed by atoms with Gasteiger partial charge in [-0.05, 0) is 25.1 Å². The fourth-order valence-corrected chi connectivity index (χ4v) is 1.45. The highest BCUT2D eigenvalue weighted by atomic mass is 35.5. The van der Waals surface area contributed by atoms with Crippen LogP contribution in [0.1, 0.15) is 23.7 Å². The molecule has 0 atom stereocenters. The van der Waals surface area contributed by atoms with E-state index in [0.29, 0.717) is 29.2 Å². The first-order valence-electron chi connectivity index (χ1n) is 4.88. The number of anilines is 1. The average Bonchev–Trinajstić information content (AvgIpc) is 2.24. The molecule has 16 heavy (non-hydrogen) atoms. The molecule has 0 spiro atoms. The van der Waals surface area contributed by atoms with Gasteiger partial charge < -0.3 is 11.1 Å². The Hall–Kier alpha value is -1.66. The molecule has 84 valence electrons. The number of nitrogen functional groups attached to an aromatic ring is 1. The van der Waals surface area contributed by atoms with Crippen molar-refractivity contribution in [2.24, 2.45) is 0 Å². The first kappa shape index (κ1) is 12.4. The molecule has 0 saturated carbocycles. The Kier molecular flexibility index (Phi) is 4.68. The summed E-state index contributed by atoms with van der Waals surface area (Å²) in [6, 6.07) is 4.81. The fourth-order valence-electron chi connectivity index (χ4n) is 1.17. The maximum atomic E-state index is 11.7. The van der Waals surface area contributed by atoms with Crippen molar-refractivity contribution in [2.75, 3.05) is 12.3 Å². The van der Waals surface area contributed by atoms with Gasteiger partial charge in [0, 0.05) is 18.7 Å². The summed E-state index contributed by atoms with van der Waals surface area (Å²) in [5.74, 6) is 5.41. The minimum atomic E-state index is -0.206. The van der Waals surface area contributed by atoms with E-state index in [1.54, 1.807) is 25.1 Å². The standard InChI is InChI=1S/C12H13ClN2O/c1-2-3-4-7-15-12(16)10-6-5-9(14)8-11(10)13/h5-6,8H,4,7,14H2,1H3,(H,15,16). The van der Waals surface area contributed by atoms with Crippen molar-refractivity contribution < 1.29 is 4.79 Å². The van der Waals surface area contributed by atoms with Crippen molar-refractivity contribution in [1.29, 1.82) is 0 Å². The predicted octanol–water partition coefficient (Wildman–Crippen LogP) is 2.07. The number of rotatable bonds is 3. The maximum Gasteiger partial charge on any atom is 0.252 e. The number of benzene rings is 1. The van der Waals surface area contributed by atoms with Crippen LogP contribution in [0.15, 0.2) is 18.2 Å². The molecule has 0 aliphatic rings. The number of carbonyl (C=O) groups excluding carboxylic acids is 1. The van der Waals surface area contributed by atoms with E-state index in [2.05, 4.69) is 17.2 Å². The zero-order chi connectivity index (χ0) is 12.0. The molecule has 0 aromatic heterocycles. The van der Waals surface area contributed by atoms with E-state index in [9.17, 15) is 4.79 Å². The van der Waals surface area contributed by atoms with E-state index < -0.39 is 0 Å². The Bertz CT molecular complexity index is 446. The minimum absolute atomic E-state index is 0.206. The molecule has 1 aromatic carbocycles. The van der Waals surface area contributed by atoms with Crippen LogP contribution in [0.25, 0.3) is 0 Å². The van der Waals surface area contributed by atoms with Crippen LogP contribution in [0.4, 0.5) is 5.69 Å². The van der Waals surface area contributed by atoms with Crippen molar-refractivity contribution in [3.8, 4) is 11.8 Å². The molecule has 0 bridgehead atoms. The van der Waals surface area contributed by atoms with Crippen LogP contribution in [-0.4, -0.2) is 12.5 Å². The Morgan fingerprint density at radius 3 is 2.94 bits per heavy atom. The molecule has 0 fully saturated rings. The summed E-state index contributed by atoms with van der Waals surface area (Å²) in [4.78, 5) is 11.7. The lowest BCUT2D eigenvalue weighted by Crippen LogP contribution is -2.24. The molecular formula is C12H13ClN2O. The first-order chi connectivity index (χ1) is 7.65. The molecule has 0 unspecified atom stereocenters. The zero-order valence-electron chi connectivity index (χ0n) is 9.01. The first-order valence-corrected chi connectivity index (χ1v) is 5.25. The van der Waals surface area contributed by atoms with Crippen LogP contribution in [0, 0.1) is 11.8 Å². The van der Waals surface area contributed by atoms with Crippen LogP contribution < -0.4 is 11.1 Å². The van der Waals surface area contributed by atoms with Gasteiger partial charge in [-0.25, -0.2) is 0 Å². The molecule has 1 amide bonds. The van der Waals surface area contributed by atoms with Gasteiger partial charge in [-0.15, -0.1) is 11.8 Å². The molecule has 0 aliphatic carbocycles. The third kappa shape index (κ3) is 3.48. The number of hydrogen-bond acceptors (Lipinski definition) is 2. The third-order valence-corrected chi connectivity index (χ3v) is 2.26. The lowest BCUT2D eigenvalue weighted by molar-refractivity contribution is 0.0955. The smallest absolute Gasteiger partial charge is 0.252 e. The molecule has 0 aliphatic heterocycles. The summed E-state index contributed by atoms with van der Waals surface area (Å²) in [5.41, 5.74) is 6.50.